The van der Waals surface area contributed by atoms with E-state index in [2.05, 4.69) is 37.7 Å². The van der Waals surface area contributed by atoms with Crippen molar-refractivity contribution >= 4 is 8.32 Å². The van der Waals surface area contributed by atoms with Crippen LogP contribution >= 0.6 is 0 Å². The molecule has 0 amide bonds. The van der Waals surface area contributed by atoms with Gasteiger partial charge in [-0.25, -0.2) is 0 Å². The van der Waals surface area contributed by atoms with Gasteiger partial charge in [0.05, 0.1) is 6.20 Å². The maximum atomic E-state index is 6.00. The summed E-state index contributed by atoms with van der Waals surface area (Å²) in [6.45, 7) is 21.4. The van der Waals surface area contributed by atoms with Gasteiger partial charge in [0.15, 0.2) is 0 Å². The lowest BCUT2D eigenvalue weighted by Crippen LogP contribution is -2.31. The SMILES string of the molecule is C=CCN(/C=C(\OC(C)(C)C)O[Si](C)(C)C)CC=C. The molecule has 110 valence electrons. The molecule has 0 N–H and O–H groups in total. The van der Waals surface area contributed by atoms with E-state index in [1.54, 1.807) is 0 Å². The van der Waals surface area contributed by atoms with Gasteiger partial charge in [-0.15, -0.1) is 13.2 Å². The van der Waals surface area contributed by atoms with Crippen LogP contribution in [0.3, 0.4) is 0 Å². The first-order valence-corrected chi connectivity index (χ1v) is 10.0. The summed E-state index contributed by atoms with van der Waals surface area (Å²) in [5.41, 5.74) is -0.278. The molecular formula is C15H29NO2Si. The second-order valence-electron chi connectivity index (χ2n) is 6.41. The van der Waals surface area contributed by atoms with Crippen LogP contribution in [0.25, 0.3) is 0 Å². The van der Waals surface area contributed by atoms with Crippen LogP contribution in [0, 0.1) is 0 Å². The lowest BCUT2D eigenvalue weighted by Gasteiger charge is -2.29. The molecule has 4 heteroatoms. The van der Waals surface area contributed by atoms with Crippen molar-refractivity contribution in [3.05, 3.63) is 37.5 Å². The van der Waals surface area contributed by atoms with Crippen molar-refractivity contribution in [2.75, 3.05) is 13.1 Å². The molecule has 0 saturated heterocycles. The fourth-order valence-corrected chi connectivity index (χ4v) is 2.04. The van der Waals surface area contributed by atoms with Crippen LogP contribution < -0.4 is 0 Å². The van der Waals surface area contributed by atoms with Gasteiger partial charge in [-0.2, -0.15) is 0 Å². The molecule has 0 heterocycles. The van der Waals surface area contributed by atoms with Crippen molar-refractivity contribution < 1.29 is 9.16 Å². The van der Waals surface area contributed by atoms with E-state index in [-0.39, 0.29) is 5.60 Å². The van der Waals surface area contributed by atoms with Gasteiger partial charge in [0.25, 0.3) is 5.95 Å². The first-order chi connectivity index (χ1) is 8.57. The summed E-state index contributed by atoms with van der Waals surface area (Å²) in [6, 6.07) is 0. The van der Waals surface area contributed by atoms with Crippen molar-refractivity contribution in [2.45, 2.75) is 46.0 Å². The smallest absolute Gasteiger partial charge is 0.282 e. The van der Waals surface area contributed by atoms with Crippen LogP contribution in [0.5, 0.6) is 0 Å². The van der Waals surface area contributed by atoms with Crippen LogP contribution in [0.15, 0.2) is 37.5 Å². The predicted molar refractivity (Wildman–Crippen MR) is 85.3 cm³/mol. The number of rotatable bonds is 8. The molecule has 0 radical (unpaired) electrons. The zero-order chi connectivity index (χ0) is 15.1. The van der Waals surface area contributed by atoms with E-state index in [9.17, 15) is 0 Å². The normalized spacial score (nSPS) is 12.8. The van der Waals surface area contributed by atoms with Crippen molar-refractivity contribution in [1.29, 1.82) is 0 Å². The zero-order valence-corrected chi connectivity index (χ0v) is 14.3. The molecule has 0 spiro atoms. The summed E-state index contributed by atoms with van der Waals surface area (Å²) in [4.78, 5) is 2.06. The Kier molecular flexibility index (Phi) is 6.98. The molecule has 0 saturated carbocycles. The first-order valence-electron chi connectivity index (χ1n) is 6.63. The largest absolute Gasteiger partial charge is 0.519 e. The average Bonchev–Trinajstić information content (AvgIpc) is 2.12. The summed E-state index contributed by atoms with van der Waals surface area (Å²) < 4.78 is 11.9. The second-order valence-corrected chi connectivity index (χ2v) is 10.8. The van der Waals surface area contributed by atoms with Crippen molar-refractivity contribution in [2.24, 2.45) is 0 Å². The summed E-state index contributed by atoms with van der Waals surface area (Å²) >= 11 is 0. The molecule has 0 aliphatic carbocycles. The van der Waals surface area contributed by atoms with Crippen molar-refractivity contribution in [1.82, 2.24) is 4.90 Å². The summed E-state index contributed by atoms with van der Waals surface area (Å²) in [6.07, 6.45) is 5.61. The molecule has 0 atom stereocenters. The Morgan fingerprint density at radius 1 is 1.11 bits per heavy atom. The van der Waals surface area contributed by atoms with Gasteiger partial charge in [0.1, 0.15) is 5.60 Å². The number of nitrogens with zero attached hydrogens (tertiary/aromatic N) is 1. The van der Waals surface area contributed by atoms with E-state index in [4.69, 9.17) is 9.16 Å². The minimum absolute atomic E-state index is 0.278. The minimum Gasteiger partial charge on any atom is -0.519 e. The van der Waals surface area contributed by atoms with Crippen molar-refractivity contribution in [3.8, 4) is 0 Å². The van der Waals surface area contributed by atoms with E-state index in [0.29, 0.717) is 5.95 Å². The Morgan fingerprint density at radius 2 is 1.58 bits per heavy atom. The van der Waals surface area contributed by atoms with E-state index >= 15 is 0 Å². The maximum absolute atomic E-state index is 6.00. The van der Waals surface area contributed by atoms with Gasteiger partial charge in [-0.05, 0) is 40.4 Å². The second kappa shape index (κ2) is 7.43. The predicted octanol–water partition coefficient (Wildman–Crippen LogP) is 4.13. The van der Waals surface area contributed by atoms with Gasteiger partial charge in [-0.1, -0.05) is 12.2 Å². The third-order valence-electron chi connectivity index (χ3n) is 1.83. The Morgan fingerprint density at radius 3 is 1.89 bits per heavy atom. The molecule has 0 aromatic rings. The van der Waals surface area contributed by atoms with Crippen molar-refractivity contribution in [3.63, 3.8) is 0 Å². The summed E-state index contributed by atoms with van der Waals surface area (Å²) in [5.74, 6) is 0.579. The number of hydrogen-bond donors (Lipinski definition) is 0. The van der Waals surface area contributed by atoms with Gasteiger partial charge in [0.2, 0.25) is 8.32 Å². The van der Waals surface area contributed by atoms with E-state index in [1.807, 2.05) is 39.1 Å². The van der Waals surface area contributed by atoms with Gasteiger partial charge in [-0.3, -0.25) is 0 Å². The highest BCUT2D eigenvalue weighted by Crippen LogP contribution is 2.19. The lowest BCUT2D eigenvalue weighted by atomic mass is 10.2. The number of hydrogen-bond acceptors (Lipinski definition) is 3. The molecule has 0 bridgehead atoms. The fourth-order valence-electron chi connectivity index (χ4n) is 1.34. The van der Waals surface area contributed by atoms with Crippen LogP contribution in [-0.4, -0.2) is 31.9 Å². The van der Waals surface area contributed by atoms with Gasteiger partial charge >= 0.3 is 0 Å². The molecule has 0 aromatic carbocycles. The highest BCUT2D eigenvalue weighted by atomic mass is 28.4. The molecule has 0 aliphatic heterocycles. The van der Waals surface area contributed by atoms with Gasteiger partial charge in [0, 0.05) is 13.1 Å². The molecule has 3 nitrogen and oxygen atoms in total. The van der Waals surface area contributed by atoms with Crippen LogP contribution in [0.1, 0.15) is 20.8 Å². The van der Waals surface area contributed by atoms with E-state index in [0.717, 1.165) is 13.1 Å². The Labute approximate surface area is 119 Å². The maximum Gasteiger partial charge on any atom is 0.282 e. The molecular weight excluding hydrogens is 254 g/mol. The summed E-state index contributed by atoms with van der Waals surface area (Å²) in [7, 11) is -1.70. The molecule has 0 unspecified atom stereocenters. The van der Waals surface area contributed by atoms with Gasteiger partial charge < -0.3 is 14.1 Å². The quantitative estimate of drug-likeness (QED) is 0.380. The topological polar surface area (TPSA) is 21.7 Å². The van der Waals surface area contributed by atoms with Crippen LogP contribution in [0.4, 0.5) is 0 Å². The Balaban J connectivity index is 5.05. The Bertz CT molecular complexity index is 296. The molecule has 0 aromatic heterocycles. The Hall–Kier alpha value is -1.16. The fraction of sp³-hybridized carbons (Fsp3) is 0.600. The number of ether oxygens (including phenoxy) is 1. The van der Waals surface area contributed by atoms with E-state index in [1.165, 1.54) is 0 Å². The standard InChI is InChI=1S/C15H29NO2Si/c1-9-11-16(12-10-2)13-14(17-15(3,4)5)18-19(6,7)8/h9-10,13H,1-2,11-12H2,3-8H3/b14-13+. The molecule has 0 fully saturated rings. The first kappa shape index (κ1) is 17.8. The van der Waals surface area contributed by atoms with Crippen LogP contribution in [0.2, 0.25) is 19.6 Å². The third-order valence-corrected chi connectivity index (χ3v) is 2.64. The molecule has 19 heavy (non-hydrogen) atoms. The molecule has 0 aliphatic rings. The summed E-state index contributed by atoms with van der Waals surface area (Å²) in [5, 5.41) is 0. The highest BCUT2D eigenvalue weighted by Gasteiger charge is 2.23. The lowest BCUT2D eigenvalue weighted by molar-refractivity contribution is -0.0120. The minimum atomic E-state index is -1.70. The van der Waals surface area contributed by atoms with Crippen LogP contribution in [-0.2, 0) is 9.16 Å². The highest BCUT2D eigenvalue weighted by molar-refractivity contribution is 6.69. The monoisotopic (exact) mass is 283 g/mol. The molecule has 0 rings (SSSR count). The van der Waals surface area contributed by atoms with E-state index < -0.39 is 8.32 Å². The average molecular weight is 283 g/mol. The third kappa shape index (κ3) is 10.4. The zero-order valence-electron chi connectivity index (χ0n) is 13.3.